The number of rotatable bonds is 2. The summed E-state index contributed by atoms with van der Waals surface area (Å²) in [6.45, 7) is 1.45. The number of benzene rings is 1. The Kier molecular flexibility index (Phi) is 3.24. The van der Waals surface area contributed by atoms with Crippen LogP contribution in [0.2, 0.25) is 0 Å². The van der Waals surface area contributed by atoms with Gasteiger partial charge in [-0.25, -0.2) is 0 Å². The Morgan fingerprint density at radius 1 is 1.15 bits per heavy atom. The standard InChI is InChI=1S/C16H20N2O2/c1-10(19)18(14-6-4-13(17)5-7-14)16(20)15-9-11-2-3-12(15)8-11/h4-7,11-12,15H,2-3,8-9,17H2,1H3. The normalized spacial score (nSPS) is 27.6. The predicted octanol–water partition coefficient (Wildman–Crippen LogP) is 2.58. The lowest BCUT2D eigenvalue weighted by molar-refractivity contribution is -0.129. The van der Waals surface area contributed by atoms with Gasteiger partial charge in [-0.1, -0.05) is 6.42 Å². The van der Waals surface area contributed by atoms with Crippen LogP contribution in [-0.2, 0) is 9.59 Å². The highest BCUT2D eigenvalue weighted by Crippen LogP contribution is 2.49. The number of anilines is 2. The fourth-order valence-electron chi connectivity index (χ4n) is 3.80. The quantitative estimate of drug-likeness (QED) is 0.842. The van der Waals surface area contributed by atoms with Crippen LogP contribution < -0.4 is 10.6 Å². The van der Waals surface area contributed by atoms with E-state index in [0.717, 1.165) is 19.3 Å². The third-order valence-electron chi connectivity index (χ3n) is 4.74. The summed E-state index contributed by atoms with van der Waals surface area (Å²) in [6, 6.07) is 6.92. The summed E-state index contributed by atoms with van der Waals surface area (Å²) in [4.78, 5) is 26.0. The average Bonchev–Trinajstić information content (AvgIpc) is 3.03. The number of carbonyl (C=O) groups is 2. The lowest BCUT2D eigenvalue weighted by Crippen LogP contribution is -2.41. The maximum absolute atomic E-state index is 12.7. The summed E-state index contributed by atoms with van der Waals surface area (Å²) in [5.74, 6) is 0.935. The second-order valence-electron chi connectivity index (χ2n) is 6.07. The van der Waals surface area contributed by atoms with Crippen molar-refractivity contribution in [3.8, 4) is 0 Å². The topological polar surface area (TPSA) is 63.4 Å². The number of nitrogen functional groups attached to an aromatic ring is 1. The van der Waals surface area contributed by atoms with Crippen molar-refractivity contribution >= 4 is 23.2 Å². The fraction of sp³-hybridized carbons (Fsp3) is 0.500. The fourth-order valence-corrected chi connectivity index (χ4v) is 3.80. The minimum absolute atomic E-state index is 0.0233. The zero-order chi connectivity index (χ0) is 14.3. The molecule has 1 aromatic carbocycles. The van der Waals surface area contributed by atoms with Crippen molar-refractivity contribution in [3.63, 3.8) is 0 Å². The van der Waals surface area contributed by atoms with Crippen LogP contribution in [0.15, 0.2) is 24.3 Å². The van der Waals surface area contributed by atoms with Gasteiger partial charge in [0.25, 0.3) is 0 Å². The highest BCUT2D eigenvalue weighted by Gasteiger charge is 2.45. The summed E-state index contributed by atoms with van der Waals surface area (Å²) in [5.41, 5.74) is 6.92. The van der Waals surface area contributed by atoms with Crippen LogP contribution in [0.4, 0.5) is 11.4 Å². The van der Waals surface area contributed by atoms with Crippen LogP contribution in [-0.4, -0.2) is 11.8 Å². The summed E-state index contributed by atoms with van der Waals surface area (Å²) in [7, 11) is 0. The molecule has 2 fully saturated rings. The number of carbonyl (C=O) groups excluding carboxylic acids is 2. The van der Waals surface area contributed by atoms with E-state index in [4.69, 9.17) is 5.73 Å². The Balaban J connectivity index is 1.85. The van der Waals surface area contributed by atoms with Crippen molar-refractivity contribution in [3.05, 3.63) is 24.3 Å². The summed E-state index contributed by atoms with van der Waals surface area (Å²) in [6.07, 6.45) is 4.48. The van der Waals surface area contributed by atoms with E-state index in [1.807, 2.05) is 0 Å². The molecule has 2 N–H and O–H groups in total. The summed E-state index contributed by atoms with van der Waals surface area (Å²) < 4.78 is 0. The number of amides is 2. The SMILES string of the molecule is CC(=O)N(C(=O)C1CC2CCC1C2)c1ccc(N)cc1. The van der Waals surface area contributed by atoms with Crippen LogP contribution >= 0.6 is 0 Å². The lowest BCUT2D eigenvalue weighted by atomic mass is 9.87. The molecule has 2 amide bonds. The number of hydrogen-bond donors (Lipinski definition) is 1. The zero-order valence-corrected chi connectivity index (χ0v) is 11.7. The molecule has 3 atom stereocenters. The largest absolute Gasteiger partial charge is 0.399 e. The molecule has 4 heteroatoms. The first kappa shape index (κ1) is 13.2. The molecule has 0 spiro atoms. The van der Waals surface area contributed by atoms with Gasteiger partial charge in [0.1, 0.15) is 0 Å². The van der Waals surface area contributed by atoms with Gasteiger partial charge in [0.05, 0.1) is 5.69 Å². The monoisotopic (exact) mass is 272 g/mol. The molecule has 3 unspecified atom stereocenters. The van der Waals surface area contributed by atoms with Crippen LogP contribution in [0, 0.1) is 17.8 Å². The van der Waals surface area contributed by atoms with E-state index in [9.17, 15) is 9.59 Å². The van der Waals surface area contributed by atoms with E-state index < -0.39 is 0 Å². The van der Waals surface area contributed by atoms with Gasteiger partial charge in [0.2, 0.25) is 11.8 Å². The summed E-state index contributed by atoms with van der Waals surface area (Å²) in [5, 5.41) is 0. The number of fused-ring (bicyclic) bond motifs is 2. The smallest absolute Gasteiger partial charge is 0.237 e. The minimum Gasteiger partial charge on any atom is -0.399 e. The maximum Gasteiger partial charge on any atom is 0.237 e. The highest BCUT2D eigenvalue weighted by molar-refractivity contribution is 6.15. The maximum atomic E-state index is 12.7. The van der Waals surface area contributed by atoms with Crippen LogP contribution in [0.1, 0.15) is 32.6 Å². The first-order valence-corrected chi connectivity index (χ1v) is 7.26. The number of nitrogens with two attached hydrogens (primary N) is 1. The van der Waals surface area contributed by atoms with E-state index >= 15 is 0 Å². The molecule has 20 heavy (non-hydrogen) atoms. The first-order chi connectivity index (χ1) is 9.56. The number of hydrogen-bond acceptors (Lipinski definition) is 3. The third-order valence-corrected chi connectivity index (χ3v) is 4.74. The molecule has 0 saturated heterocycles. The van der Waals surface area contributed by atoms with Crippen molar-refractivity contribution in [2.75, 3.05) is 10.6 Å². The van der Waals surface area contributed by atoms with E-state index in [1.54, 1.807) is 24.3 Å². The van der Waals surface area contributed by atoms with E-state index in [1.165, 1.54) is 18.2 Å². The minimum atomic E-state index is -0.220. The number of imide groups is 1. The Morgan fingerprint density at radius 2 is 1.85 bits per heavy atom. The van der Waals surface area contributed by atoms with Crippen molar-refractivity contribution in [2.24, 2.45) is 17.8 Å². The summed E-state index contributed by atoms with van der Waals surface area (Å²) >= 11 is 0. The predicted molar refractivity (Wildman–Crippen MR) is 78.0 cm³/mol. The van der Waals surface area contributed by atoms with Gasteiger partial charge >= 0.3 is 0 Å². The first-order valence-electron chi connectivity index (χ1n) is 7.26. The highest BCUT2D eigenvalue weighted by atomic mass is 16.2. The van der Waals surface area contributed by atoms with Crippen LogP contribution in [0.25, 0.3) is 0 Å². The average molecular weight is 272 g/mol. The second kappa shape index (κ2) is 4.93. The molecule has 1 aromatic rings. The molecule has 2 aliphatic carbocycles. The van der Waals surface area contributed by atoms with Crippen molar-refractivity contribution in [1.29, 1.82) is 0 Å². The van der Waals surface area contributed by atoms with Gasteiger partial charge in [0.15, 0.2) is 0 Å². The van der Waals surface area contributed by atoms with Crippen molar-refractivity contribution in [2.45, 2.75) is 32.6 Å². The molecule has 0 aliphatic heterocycles. The number of nitrogens with zero attached hydrogens (tertiary/aromatic N) is 1. The van der Waals surface area contributed by atoms with Gasteiger partial charge in [-0.2, -0.15) is 0 Å². The third kappa shape index (κ3) is 2.19. The van der Waals surface area contributed by atoms with Crippen molar-refractivity contribution < 1.29 is 9.59 Å². The van der Waals surface area contributed by atoms with E-state index in [2.05, 4.69) is 0 Å². The van der Waals surface area contributed by atoms with E-state index in [-0.39, 0.29) is 17.7 Å². The molecule has 2 saturated carbocycles. The molecular formula is C16H20N2O2. The molecule has 0 aromatic heterocycles. The molecule has 106 valence electrons. The van der Waals surface area contributed by atoms with Gasteiger partial charge in [-0.05, 0) is 55.4 Å². The molecule has 2 bridgehead atoms. The molecule has 4 nitrogen and oxygen atoms in total. The van der Waals surface area contributed by atoms with Crippen molar-refractivity contribution in [1.82, 2.24) is 0 Å². The zero-order valence-electron chi connectivity index (χ0n) is 11.7. The molecule has 3 rings (SSSR count). The van der Waals surface area contributed by atoms with Crippen LogP contribution in [0.5, 0.6) is 0 Å². The Bertz CT molecular complexity index is 538. The van der Waals surface area contributed by atoms with E-state index in [0.29, 0.717) is 23.2 Å². The second-order valence-corrected chi connectivity index (χ2v) is 6.07. The Labute approximate surface area is 118 Å². The van der Waals surface area contributed by atoms with Crippen LogP contribution in [0.3, 0.4) is 0 Å². The van der Waals surface area contributed by atoms with Gasteiger partial charge in [-0.15, -0.1) is 0 Å². The Morgan fingerprint density at radius 3 is 2.35 bits per heavy atom. The molecule has 0 heterocycles. The Hall–Kier alpha value is -1.84. The van der Waals surface area contributed by atoms with Gasteiger partial charge in [-0.3, -0.25) is 14.5 Å². The van der Waals surface area contributed by atoms with Gasteiger partial charge < -0.3 is 5.73 Å². The molecule has 2 aliphatic rings. The molecular weight excluding hydrogens is 252 g/mol. The molecule has 0 radical (unpaired) electrons. The van der Waals surface area contributed by atoms with Gasteiger partial charge in [0, 0.05) is 18.5 Å². The lowest BCUT2D eigenvalue weighted by Gasteiger charge is -2.27.